The third-order valence-electron chi connectivity index (χ3n) is 8.72. The van der Waals surface area contributed by atoms with Crippen molar-refractivity contribution in [2.45, 2.75) is 90.5 Å². The number of nitrogens with zero attached hydrogens (tertiary/aromatic N) is 5. The van der Waals surface area contributed by atoms with Gasteiger partial charge in [0.25, 0.3) is 0 Å². The van der Waals surface area contributed by atoms with Gasteiger partial charge in [-0.05, 0) is 55.2 Å². The van der Waals surface area contributed by atoms with E-state index in [9.17, 15) is 0 Å². The second-order valence-corrected chi connectivity index (χ2v) is 15.7. The molecule has 0 spiro atoms. The molecule has 2 heterocycles. The van der Waals surface area contributed by atoms with Gasteiger partial charge in [0.15, 0.2) is 0 Å². The molecule has 6 rings (SSSR count). The van der Waals surface area contributed by atoms with Crippen LogP contribution in [0.15, 0.2) is 72.1 Å². The summed E-state index contributed by atoms with van der Waals surface area (Å²) in [7, 11) is 10.5. The number of hydrogen-bond donors (Lipinski definition) is 0. The van der Waals surface area contributed by atoms with Crippen LogP contribution >= 0.6 is 22.7 Å². The predicted octanol–water partition coefficient (Wildman–Crippen LogP) is 14.3. The Kier molecular flexibility index (Phi) is 20.7. The van der Waals surface area contributed by atoms with E-state index in [1.807, 2.05) is 11.3 Å². The van der Waals surface area contributed by atoms with Crippen LogP contribution in [-0.2, 0) is 25.8 Å². The Morgan fingerprint density at radius 2 is 1.22 bits per heavy atom. The molecule has 1 aliphatic rings. The topological polar surface area (TPSA) is 69.3 Å². The minimum atomic E-state index is -0.130. The maximum atomic E-state index is 5.73. The van der Waals surface area contributed by atoms with Crippen LogP contribution in [0.3, 0.4) is 0 Å². The second kappa shape index (κ2) is 23.5. The molecule has 3 aromatic carbocycles. The maximum absolute atomic E-state index is 5.73. The van der Waals surface area contributed by atoms with Gasteiger partial charge in [-0.25, -0.2) is 4.98 Å². The van der Waals surface area contributed by atoms with Crippen LogP contribution in [0.1, 0.15) is 116 Å². The van der Waals surface area contributed by atoms with Crippen LogP contribution in [0, 0.1) is 6.92 Å². The van der Waals surface area contributed by atoms with Crippen molar-refractivity contribution >= 4 is 38.4 Å². The molecule has 0 amide bonds. The van der Waals surface area contributed by atoms with E-state index >= 15 is 0 Å². The zero-order valence-electron chi connectivity index (χ0n) is 32.8. The van der Waals surface area contributed by atoms with Gasteiger partial charge in [-0.1, -0.05) is 124 Å². The fourth-order valence-electron chi connectivity index (χ4n) is 6.61. The monoisotopic (exact) mass is 889 g/mol. The number of para-hydroxylation sites is 1. The largest absolute Gasteiger partial charge is 0.672 e. The van der Waals surface area contributed by atoms with Crippen LogP contribution < -0.4 is 0 Å². The van der Waals surface area contributed by atoms with E-state index in [1.165, 1.54) is 74.9 Å². The van der Waals surface area contributed by atoms with Crippen molar-refractivity contribution in [3.8, 4) is 11.3 Å². The third kappa shape index (κ3) is 12.2. The van der Waals surface area contributed by atoms with Crippen molar-refractivity contribution < 1.29 is 25.8 Å². The molecule has 8 heteroatoms. The summed E-state index contributed by atoms with van der Waals surface area (Å²) in [6, 6.07) is 24.5. The van der Waals surface area contributed by atoms with E-state index in [0.29, 0.717) is 17.8 Å². The number of aryl methyl sites for hydroxylation is 1. The molecule has 5 aromatic rings. The summed E-state index contributed by atoms with van der Waals surface area (Å²) >= 11 is 3.63. The number of thiazole rings is 1. The van der Waals surface area contributed by atoms with E-state index in [-0.39, 0.29) is 31.9 Å². The molecule has 276 valence electrons. The van der Waals surface area contributed by atoms with Gasteiger partial charge >= 0.3 is 0 Å². The molecule has 1 atom stereocenters. The number of rotatable bonds is 8. The fraction of sp³-hybridized carbons (Fsp3) is 0.465. The Hall–Kier alpha value is -2.20. The molecule has 1 unspecified atom stereocenters. The van der Waals surface area contributed by atoms with E-state index in [2.05, 4.69) is 123 Å². The average Bonchev–Trinajstić information content (AvgIpc) is 3.72. The van der Waals surface area contributed by atoms with Gasteiger partial charge in [-0.3, -0.25) is 0 Å². The van der Waals surface area contributed by atoms with Crippen molar-refractivity contribution in [3.05, 3.63) is 126 Å². The van der Waals surface area contributed by atoms with Gasteiger partial charge in [0.2, 0.25) is 0 Å². The third-order valence-corrected chi connectivity index (χ3v) is 10.7. The summed E-state index contributed by atoms with van der Waals surface area (Å²) < 4.78 is 1.32. The molecule has 1 aliphatic carbocycles. The Morgan fingerprint density at radius 3 is 1.80 bits per heavy atom. The van der Waals surface area contributed by atoms with E-state index < -0.39 is 0 Å². The zero-order chi connectivity index (χ0) is 36.6. The number of thiophene rings is 1. The average molecular weight is 889 g/mol. The first-order valence-corrected chi connectivity index (χ1v) is 19.7. The molecule has 2 aromatic heterocycles. The summed E-state index contributed by atoms with van der Waals surface area (Å²) in [6.45, 7) is 11.4. The summed E-state index contributed by atoms with van der Waals surface area (Å²) in [5.41, 5.74) is 8.98. The minimum absolute atomic E-state index is 0. The fourth-order valence-corrected chi connectivity index (χ4v) is 8.54. The van der Waals surface area contributed by atoms with Crippen LogP contribution in [0.2, 0.25) is 0 Å². The Morgan fingerprint density at radius 1 is 0.686 bits per heavy atom. The molecule has 0 radical (unpaired) electrons. The van der Waals surface area contributed by atoms with Crippen molar-refractivity contribution in [1.82, 2.24) is 4.98 Å². The van der Waals surface area contributed by atoms with Gasteiger partial charge in [0, 0.05) is 51.8 Å². The maximum Gasteiger partial charge on any atom is 0.0831 e. The first-order chi connectivity index (χ1) is 24.2. The molecular weight excluding hydrogens is 829 g/mol. The molecule has 0 aliphatic heterocycles. The van der Waals surface area contributed by atoms with E-state index in [1.54, 1.807) is 53.6 Å². The molecule has 0 saturated heterocycles. The summed E-state index contributed by atoms with van der Waals surface area (Å²) in [4.78, 5) is 6.73. The number of aromatic nitrogens is 1. The zero-order valence-corrected chi connectivity index (χ0v) is 38.1. The summed E-state index contributed by atoms with van der Waals surface area (Å²) in [5.74, 6) is 1.40. The Bertz CT molecular complexity index is 1670. The van der Waals surface area contributed by atoms with Crippen molar-refractivity contribution in [3.63, 3.8) is 0 Å². The van der Waals surface area contributed by atoms with Crippen LogP contribution in [0.25, 0.3) is 42.6 Å². The molecular formula is C43H59HfN5S2-4. The molecule has 5 nitrogen and oxygen atoms in total. The van der Waals surface area contributed by atoms with Gasteiger partial charge in [-0.2, -0.15) is 42.3 Å². The first-order valence-electron chi connectivity index (χ1n) is 18.0. The smallest absolute Gasteiger partial charge is 0.0831 e. The second-order valence-electron chi connectivity index (χ2n) is 13.5. The first kappa shape index (κ1) is 45.0. The van der Waals surface area contributed by atoms with Gasteiger partial charge in [0.1, 0.15) is 0 Å². The predicted molar refractivity (Wildman–Crippen MR) is 225 cm³/mol. The van der Waals surface area contributed by atoms with Crippen LogP contribution in [0.4, 0.5) is 5.69 Å². The van der Waals surface area contributed by atoms with Crippen molar-refractivity contribution in [2.24, 2.45) is 0 Å². The summed E-state index contributed by atoms with van der Waals surface area (Å²) in [5, 5.41) is 20.9. The van der Waals surface area contributed by atoms with Crippen molar-refractivity contribution in [1.29, 1.82) is 0 Å². The standard InChI is InChI=1S/C37H41N2S2.3C2H6N.Hf/c1-23(2)27-19-13-20-28(24(3)4)35(27)39-36(30-17-10-9-16-29(30)26-14-7-6-8-15-26)37-38-32(22-40-37)34-25(5)41-33-21-12-11-18-31(33)34;3*1-3-2;/h9-13,16-24,26,36H,6-8,14-15H2,1-5H3;3*1-2H3;/q4*-1;. The van der Waals surface area contributed by atoms with E-state index in [0.717, 1.165) is 16.4 Å². The van der Waals surface area contributed by atoms with Gasteiger partial charge < -0.3 is 21.3 Å². The van der Waals surface area contributed by atoms with Crippen LogP contribution in [0.5, 0.6) is 0 Å². The quantitative estimate of drug-likeness (QED) is 0.143. The van der Waals surface area contributed by atoms with Crippen LogP contribution in [-0.4, -0.2) is 47.3 Å². The SMILES string of the molecule is C[N-]C.C[N-]C.C[N-]C.Cc1sc2ccccc2c1-c1csc(C([N-]c2c(C(C)C)cccc2C(C)C)c2ccccc2C2CCCCC2)n1.[Hf]. The molecule has 51 heavy (non-hydrogen) atoms. The van der Waals surface area contributed by atoms with Crippen molar-refractivity contribution in [2.75, 3.05) is 42.3 Å². The Labute approximate surface area is 336 Å². The normalized spacial score (nSPS) is 13.3. The number of benzene rings is 3. The van der Waals surface area contributed by atoms with E-state index in [4.69, 9.17) is 10.3 Å². The number of hydrogen-bond acceptors (Lipinski definition) is 3. The molecule has 0 bridgehead atoms. The minimum Gasteiger partial charge on any atom is -0.672 e. The molecule has 1 saturated carbocycles. The summed E-state index contributed by atoms with van der Waals surface area (Å²) in [6.07, 6.45) is 6.54. The molecule has 1 fully saturated rings. The number of fused-ring (bicyclic) bond motifs is 1. The van der Waals surface area contributed by atoms with Gasteiger partial charge in [0.05, 0.1) is 10.7 Å². The van der Waals surface area contributed by atoms with Gasteiger partial charge in [-0.15, -0.1) is 28.4 Å². The Balaban J connectivity index is 0.000000819. The molecule has 0 N–H and O–H groups in total.